The fraction of sp³-hybridized carbons (Fsp3) is 0.235. The van der Waals surface area contributed by atoms with Crippen LogP contribution in [0.15, 0.2) is 48.5 Å². The van der Waals surface area contributed by atoms with Crippen LogP contribution in [0.1, 0.15) is 23.7 Å². The summed E-state index contributed by atoms with van der Waals surface area (Å²) in [5, 5.41) is 0. The first-order chi connectivity index (χ1) is 10.2. The highest BCUT2D eigenvalue weighted by Gasteiger charge is 2.11. The average molecular weight is 288 g/mol. The van der Waals surface area contributed by atoms with Crippen LogP contribution < -0.4 is 9.47 Å². The predicted octanol–water partition coefficient (Wildman–Crippen LogP) is 3.88. The van der Waals surface area contributed by atoms with E-state index >= 15 is 0 Å². The van der Waals surface area contributed by atoms with Crippen LogP contribution in [0.4, 0.5) is 4.39 Å². The van der Waals surface area contributed by atoms with Gasteiger partial charge in [-0.05, 0) is 42.8 Å². The minimum atomic E-state index is -0.533. The van der Waals surface area contributed by atoms with Crippen LogP contribution in [-0.2, 0) is 0 Å². The molecule has 0 amide bonds. The second kappa shape index (κ2) is 7.43. The molecule has 2 rings (SSSR count). The standard InChI is InChI=1S/C17H17FO3/c1-2-11-20-13-7-9-14(10-8-13)21-12-17(19)15-5-3-4-6-16(15)18/h3-10H,2,11-12H2,1H3. The van der Waals surface area contributed by atoms with Crippen molar-refractivity contribution in [3.63, 3.8) is 0 Å². The lowest BCUT2D eigenvalue weighted by molar-refractivity contribution is 0.0917. The number of hydrogen-bond acceptors (Lipinski definition) is 3. The SMILES string of the molecule is CCCOc1ccc(OCC(=O)c2ccccc2F)cc1. The molecule has 2 aromatic rings. The molecule has 0 N–H and O–H groups in total. The van der Waals surface area contributed by atoms with E-state index in [1.165, 1.54) is 12.1 Å². The molecule has 0 radical (unpaired) electrons. The number of rotatable bonds is 7. The lowest BCUT2D eigenvalue weighted by Crippen LogP contribution is -2.13. The van der Waals surface area contributed by atoms with Crippen LogP contribution in [0, 0.1) is 5.82 Å². The van der Waals surface area contributed by atoms with Crippen molar-refractivity contribution < 1.29 is 18.7 Å². The zero-order valence-electron chi connectivity index (χ0n) is 11.8. The number of benzene rings is 2. The number of carbonyl (C=O) groups is 1. The normalized spacial score (nSPS) is 10.2. The Labute approximate surface area is 123 Å². The van der Waals surface area contributed by atoms with Crippen LogP contribution in [-0.4, -0.2) is 19.0 Å². The zero-order chi connectivity index (χ0) is 15.1. The smallest absolute Gasteiger partial charge is 0.203 e. The van der Waals surface area contributed by atoms with Gasteiger partial charge in [-0.25, -0.2) is 4.39 Å². The molecule has 0 spiro atoms. The van der Waals surface area contributed by atoms with E-state index in [1.807, 2.05) is 6.92 Å². The number of ether oxygens (including phenoxy) is 2. The molecule has 0 heterocycles. The first kappa shape index (κ1) is 15.0. The maximum Gasteiger partial charge on any atom is 0.203 e. The molecule has 0 bridgehead atoms. The van der Waals surface area contributed by atoms with E-state index in [9.17, 15) is 9.18 Å². The van der Waals surface area contributed by atoms with Gasteiger partial charge in [0.2, 0.25) is 5.78 Å². The van der Waals surface area contributed by atoms with Crippen LogP contribution in [0.25, 0.3) is 0 Å². The summed E-state index contributed by atoms with van der Waals surface area (Å²) in [4.78, 5) is 11.9. The van der Waals surface area contributed by atoms with Crippen LogP contribution in [0.2, 0.25) is 0 Å². The maximum atomic E-state index is 13.4. The second-order valence-corrected chi connectivity index (χ2v) is 4.51. The molecule has 3 nitrogen and oxygen atoms in total. The summed E-state index contributed by atoms with van der Waals surface area (Å²) in [6.07, 6.45) is 0.940. The van der Waals surface area contributed by atoms with Crippen molar-refractivity contribution in [3.8, 4) is 11.5 Å². The Morgan fingerprint density at radius 1 is 1.00 bits per heavy atom. The highest BCUT2D eigenvalue weighted by atomic mass is 19.1. The molecule has 2 aromatic carbocycles. The zero-order valence-corrected chi connectivity index (χ0v) is 11.8. The predicted molar refractivity (Wildman–Crippen MR) is 78.5 cm³/mol. The fourth-order valence-electron chi connectivity index (χ4n) is 1.77. The molecule has 110 valence electrons. The average Bonchev–Trinajstić information content (AvgIpc) is 2.52. The van der Waals surface area contributed by atoms with Gasteiger partial charge in [-0.15, -0.1) is 0 Å². The van der Waals surface area contributed by atoms with Gasteiger partial charge >= 0.3 is 0 Å². The molecule has 0 aromatic heterocycles. The van der Waals surface area contributed by atoms with Gasteiger partial charge < -0.3 is 9.47 Å². The van der Waals surface area contributed by atoms with E-state index in [0.29, 0.717) is 12.4 Å². The fourth-order valence-corrected chi connectivity index (χ4v) is 1.77. The van der Waals surface area contributed by atoms with Gasteiger partial charge in [0.1, 0.15) is 17.3 Å². The molecule has 0 aliphatic heterocycles. The van der Waals surface area contributed by atoms with Crippen molar-refractivity contribution >= 4 is 5.78 Å². The van der Waals surface area contributed by atoms with E-state index in [-0.39, 0.29) is 18.0 Å². The van der Waals surface area contributed by atoms with Crippen molar-refractivity contribution in [2.75, 3.05) is 13.2 Å². The molecule has 0 saturated carbocycles. The van der Waals surface area contributed by atoms with Gasteiger partial charge in [0.25, 0.3) is 0 Å². The van der Waals surface area contributed by atoms with Crippen molar-refractivity contribution in [1.29, 1.82) is 0 Å². The van der Waals surface area contributed by atoms with E-state index in [2.05, 4.69) is 0 Å². The molecule has 0 aliphatic rings. The number of halogens is 1. The van der Waals surface area contributed by atoms with Crippen molar-refractivity contribution in [3.05, 3.63) is 59.9 Å². The molecule has 0 aliphatic carbocycles. The number of hydrogen-bond donors (Lipinski definition) is 0. The van der Waals surface area contributed by atoms with Gasteiger partial charge in [0.05, 0.1) is 12.2 Å². The largest absolute Gasteiger partial charge is 0.494 e. The van der Waals surface area contributed by atoms with E-state index in [0.717, 1.165) is 12.2 Å². The summed E-state index contributed by atoms with van der Waals surface area (Å²) in [6, 6.07) is 12.9. The highest BCUT2D eigenvalue weighted by Crippen LogP contribution is 2.18. The van der Waals surface area contributed by atoms with E-state index in [1.54, 1.807) is 36.4 Å². The maximum absolute atomic E-state index is 13.4. The molecule has 0 unspecified atom stereocenters. The summed E-state index contributed by atoms with van der Waals surface area (Å²) < 4.78 is 24.3. The van der Waals surface area contributed by atoms with Crippen molar-refractivity contribution in [2.45, 2.75) is 13.3 Å². The monoisotopic (exact) mass is 288 g/mol. The number of ketones is 1. The molecular weight excluding hydrogens is 271 g/mol. The molecule has 0 saturated heterocycles. The Balaban J connectivity index is 1.91. The highest BCUT2D eigenvalue weighted by molar-refractivity contribution is 5.97. The Bertz CT molecular complexity index is 593. The van der Waals surface area contributed by atoms with Crippen LogP contribution in [0.5, 0.6) is 11.5 Å². The lowest BCUT2D eigenvalue weighted by atomic mass is 10.1. The minimum Gasteiger partial charge on any atom is -0.494 e. The van der Waals surface area contributed by atoms with E-state index < -0.39 is 5.82 Å². The third-order valence-corrected chi connectivity index (χ3v) is 2.84. The van der Waals surface area contributed by atoms with Crippen LogP contribution >= 0.6 is 0 Å². The van der Waals surface area contributed by atoms with Gasteiger partial charge in [-0.2, -0.15) is 0 Å². The van der Waals surface area contributed by atoms with Crippen molar-refractivity contribution in [2.24, 2.45) is 0 Å². The molecule has 4 heteroatoms. The van der Waals surface area contributed by atoms with Crippen LogP contribution in [0.3, 0.4) is 0 Å². The molecule has 0 atom stereocenters. The second-order valence-electron chi connectivity index (χ2n) is 4.51. The summed E-state index contributed by atoms with van der Waals surface area (Å²) >= 11 is 0. The molecule has 0 fully saturated rings. The Morgan fingerprint density at radius 2 is 1.62 bits per heavy atom. The lowest BCUT2D eigenvalue weighted by Gasteiger charge is -2.08. The van der Waals surface area contributed by atoms with Gasteiger partial charge in [-0.1, -0.05) is 19.1 Å². The minimum absolute atomic E-state index is 0.0420. The summed E-state index contributed by atoms with van der Waals surface area (Å²) in [5.41, 5.74) is 0.0420. The topological polar surface area (TPSA) is 35.5 Å². The first-order valence-electron chi connectivity index (χ1n) is 6.84. The quantitative estimate of drug-likeness (QED) is 0.725. The Morgan fingerprint density at radius 3 is 2.24 bits per heavy atom. The molecular formula is C17H17FO3. The third-order valence-electron chi connectivity index (χ3n) is 2.84. The Kier molecular flexibility index (Phi) is 5.32. The third kappa shape index (κ3) is 4.31. The van der Waals surface area contributed by atoms with E-state index in [4.69, 9.17) is 9.47 Å². The van der Waals surface area contributed by atoms with Gasteiger partial charge in [0, 0.05) is 0 Å². The Hall–Kier alpha value is -2.36. The summed E-state index contributed by atoms with van der Waals surface area (Å²) in [7, 11) is 0. The molecule has 21 heavy (non-hydrogen) atoms. The van der Waals surface area contributed by atoms with Crippen molar-refractivity contribution in [1.82, 2.24) is 0 Å². The summed E-state index contributed by atoms with van der Waals surface area (Å²) in [5.74, 6) is 0.377. The number of carbonyl (C=O) groups excluding carboxylic acids is 1. The number of Topliss-reactive ketones (excluding diaryl/α,β-unsaturated/α-hetero) is 1. The summed E-state index contributed by atoms with van der Waals surface area (Å²) in [6.45, 7) is 2.49. The first-order valence-corrected chi connectivity index (χ1v) is 6.84. The van der Waals surface area contributed by atoms with Gasteiger partial charge in [0.15, 0.2) is 6.61 Å². The van der Waals surface area contributed by atoms with Gasteiger partial charge in [-0.3, -0.25) is 4.79 Å².